The number of carbonyl (C=O) groups excluding carboxylic acids is 2. The number of benzene rings is 2. The molecule has 4 nitrogen and oxygen atoms in total. The van der Waals surface area contributed by atoms with E-state index in [1.165, 1.54) is 0 Å². The third-order valence-corrected chi connectivity index (χ3v) is 5.91. The number of esters is 1. The van der Waals surface area contributed by atoms with Crippen LogP contribution in [0.4, 0.5) is 5.69 Å². The number of hydrogen-bond donors (Lipinski definition) is 1. The molecule has 1 aliphatic carbocycles. The van der Waals surface area contributed by atoms with Crippen LogP contribution in [0.3, 0.4) is 0 Å². The van der Waals surface area contributed by atoms with Crippen LogP contribution < -0.4 is 5.32 Å². The molecule has 28 heavy (non-hydrogen) atoms. The van der Waals surface area contributed by atoms with Crippen LogP contribution in [-0.4, -0.2) is 18.5 Å². The molecule has 144 valence electrons. The van der Waals surface area contributed by atoms with Gasteiger partial charge in [-0.05, 0) is 49.4 Å². The highest BCUT2D eigenvalue weighted by atomic mass is 16.5. The van der Waals surface area contributed by atoms with Crippen molar-refractivity contribution in [2.75, 3.05) is 11.9 Å². The number of amides is 1. The molecule has 2 aliphatic rings. The SMILES string of the molecule is C=C1C[C@H]2COC(=O)C2(Cc2ccc(NC(=O)Cc3cccc(C)c3)cc2)C1. The number of nitrogens with one attached hydrogen (secondary N) is 1. The van der Waals surface area contributed by atoms with Gasteiger partial charge in [0.2, 0.25) is 5.91 Å². The first-order valence-corrected chi connectivity index (χ1v) is 9.73. The van der Waals surface area contributed by atoms with Gasteiger partial charge < -0.3 is 10.1 Å². The lowest BCUT2D eigenvalue weighted by molar-refractivity contribution is -0.146. The number of cyclic esters (lactones) is 1. The molecule has 0 radical (unpaired) electrons. The quantitative estimate of drug-likeness (QED) is 0.629. The predicted molar refractivity (Wildman–Crippen MR) is 109 cm³/mol. The number of ether oxygens (including phenoxy) is 1. The van der Waals surface area contributed by atoms with Crippen LogP contribution in [0, 0.1) is 18.3 Å². The molecule has 0 bridgehead atoms. The molecular weight excluding hydrogens is 350 g/mol. The summed E-state index contributed by atoms with van der Waals surface area (Å²) in [5.74, 6) is 0.108. The zero-order valence-corrected chi connectivity index (χ0v) is 16.2. The monoisotopic (exact) mass is 375 g/mol. The highest BCUT2D eigenvalue weighted by Gasteiger charge is 2.55. The third kappa shape index (κ3) is 3.59. The molecule has 1 saturated heterocycles. The van der Waals surface area contributed by atoms with E-state index in [1.807, 2.05) is 55.5 Å². The van der Waals surface area contributed by atoms with Gasteiger partial charge in [-0.2, -0.15) is 0 Å². The maximum atomic E-state index is 12.4. The number of carbonyl (C=O) groups is 2. The first-order valence-electron chi connectivity index (χ1n) is 9.73. The average Bonchev–Trinajstić information content (AvgIpc) is 3.11. The summed E-state index contributed by atoms with van der Waals surface area (Å²) in [5.41, 5.74) is 4.68. The molecule has 1 unspecified atom stereocenters. The maximum absolute atomic E-state index is 12.4. The first-order chi connectivity index (χ1) is 13.4. The van der Waals surface area contributed by atoms with E-state index in [-0.39, 0.29) is 17.8 Å². The molecule has 0 spiro atoms. The van der Waals surface area contributed by atoms with E-state index in [9.17, 15) is 9.59 Å². The van der Waals surface area contributed by atoms with Crippen molar-refractivity contribution in [3.05, 3.63) is 77.4 Å². The smallest absolute Gasteiger partial charge is 0.313 e. The van der Waals surface area contributed by atoms with Gasteiger partial charge in [0.05, 0.1) is 18.4 Å². The van der Waals surface area contributed by atoms with Crippen LogP contribution in [0.25, 0.3) is 0 Å². The lowest BCUT2D eigenvalue weighted by Gasteiger charge is -2.24. The predicted octanol–water partition coefficient (Wildman–Crippen LogP) is 4.23. The zero-order valence-electron chi connectivity index (χ0n) is 16.2. The molecule has 2 aromatic carbocycles. The number of hydrogen-bond acceptors (Lipinski definition) is 3. The Hall–Kier alpha value is -2.88. The molecule has 1 heterocycles. The Morgan fingerprint density at radius 1 is 1.21 bits per heavy atom. The fourth-order valence-corrected chi connectivity index (χ4v) is 4.55. The summed E-state index contributed by atoms with van der Waals surface area (Å²) >= 11 is 0. The summed E-state index contributed by atoms with van der Waals surface area (Å²) in [4.78, 5) is 24.7. The number of fused-ring (bicyclic) bond motifs is 1. The third-order valence-electron chi connectivity index (χ3n) is 5.91. The normalized spacial score (nSPS) is 23.4. The Morgan fingerprint density at radius 2 is 2.00 bits per heavy atom. The molecule has 1 saturated carbocycles. The Balaban J connectivity index is 1.41. The van der Waals surface area contributed by atoms with E-state index in [1.54, 1.807) is 0 Å². The highest BCUT2D eigenvalue weighted by Crippen LogP contribution is 2.52. The summed E-state index contributed by atoms with van der Waals surface area (Å²) in [6, 6.07) is 15.7. The van der Waals surface area contributed by atoms with Crippen molar-refractivity contribution < 1.29 is 14.3 Å². The number of allylic oxidation sites excluding steroid dienone is 1. The van der Waals surface area contributed by atoms with E-state index >= 15 is 0 Å². The van der Waals surface area contributed by atoms with E-state index in [0.29, 0.717) is 25.9 Å². The summed E-state index contributed by atoms with van der Waals surface area (Å²) in [7, 11) is 0. The number of anilines is 1. The van der Waals surface area contributed by atoms with Gasteiger partial charge in [0.15, 0.2) is 0 Å². The molecule has 1 aliphatic heterocycles. The van der Waals surface area contributed by atoms with E-state index < -0.39 is 5.41 Å². The summed E-state index contributed by atoms with van der Waals surface area (Å²) in [6.45, 7) is 6.61. The number of rotatable bonds is 5. The topological polar surface area (TPSA) is 55.4 Å². The van der Waals surface area contributed by atoms with Crippen molar-refractivity contribution in [2.24, 2.45) is 11.3 Å². The maximum Gasteiger partial charge on any atom is 0.313 e. The van der Waals surface area contributed by atoms with Crippen LogP contribution in [0.15, 0.2) is 60.7 Å². The fraction of sp³-hybridized carbons (Fsp3) is 0.333. The minimum absolute atomic E-state index is 0.0385. The molecule has 2 atom stereocenters. The van der Waals surface area contributed by atoms with Crippen molar-refractivity contribution in [2.45, 2.75) is 32.6 Å². The summed E-state index contributed by atoms with van der Waals surface area (Å²) in [5, 5.41) is 2.95. The molecule has 1 amide bonds. The van der Waals surface area contributed by atoms with Gasteiger partial charge in [-0.15, -0.1) is 0 Å². The molecule has 2 fully saturated rings. The molecule has 2 aromatic rings. The van der Waals surface area contributed by atoms with Crippen molar-refractivity contribution in [3.8, 4) is 0 Å². The molecule has 1 N–H and O–H groups in total. The van der Waals surface area contributed by atoms with Gasteiger partial charge in [0.1, 0.15) is 0 Å². The molecular formula is C24H25NO3. The summed E-state index contributed by atoms with van der Waals surface area (Å²) < 4.78 is 5.35. The van der Waals surface area contributed by atoms with Crippen LogP contribution >= 0.6 is 0 Å². The van der Waals surface area contributed by atoms with Gasteiger partial charge in [0, 0.05) is 11.6 Å². The van der Waals surface area contributed by atoms with Crippen LogP contribution in [0.2, 0.25) is 0 Å². The van der Waals surface area contributed by atoms with E-state index in [0.717, 1.165) is 34.4 Å². The van der Waals surface area contributed by atoms with Gasteiger partial charge >= 0.3 is 5.97 Å². The fourth-order valence-electron chi connectivity index (χ4n) is 4.55. The minimum Gasteiger partial charge on any atom is -0.465 e. The minimum atomic E-state index is -0.451. The zero-order chi connectivity index (χ0) is 19.7. The lowest BCUT2D eigenvalue weighted by atomic mass is 9.75. The molecule has 4 heteroatoms. The van der Waals surface area contributed by atoms with E-state index in [2.05, 4.69) is 11.9 Å². The van der Waals surface area contributed by atoms with E-state index in [4.69, 9.17) is 4.74 Å². The van der Waals surface area contributed by atoms with Crippen molar-refractivity contribution in [1.29, 1.82) is 0 Å². The second-order valence-electron chi connectivity index (χ2n) is 8.17. The Bertz CT molecular complexity index is 931. The highest BCUT2D eigenvalue weighted by molar-refractivity contribution is 5.92. The second-order valence-corrected chi connectivity index (χ2v) is 8.17. The number of aryl methyl sites for hydroxylation is 1. The lowest BCUT2D eigenvalue weighted by Crippen LogP contribution is -2.31. The van der Waals surface area contributed by atoms with Crippen molar-refractivity contribution in [3.63, 3.8) is 0 Å². The second kappa shape index (κ2) is 7.27. The molecule has 4 rings (SSSR count). The molecule has 0 aromatic heterocycles. The standard InChI is InChI=1S/C24H25NO3/c1-16-4-3-5-19(10-16)12-22(26)25-21-8-6-18(7-9-21)14-24-13-17(2)11-20(24)15-28-23(24)27/h3-10,20H,2,11-15H2,1H3,(H,25,26)/t20-,24?/m0/s1. The van der Waals surface area contributed by atoms with Crippen LogP contribution in [0.5, 0.6) is 0 Å². The van der Waals surface area contributed by atoms with Gasteiger partial charge in [0.25, 0.3) is 0 Å². The van der Waals surface area contributed by atoms with Crippen LogP contribution in [-0.2, 0) is 27.2 Å². The first kappa shape index (κ1) is 18.5. The summed E-state index contributed by atoms with van der Waals surface area (Å²) in [6.07, 6.45) is 2.60. The Labute approximate surface area is 165 Å². The van der Waals surface area contributed by atoms with Gasteiger partial charge in [-0.1, -0.05) is 54.1 Å². The van der Waals surface area contributed by atoms with Gasteiger partial charge in [-0.3, -0.25) is 9.59 Å². The average molecular weight is 375 g/mol. The van der Waals surface area contributed by atoms with Crippen molar-refractivity contribution in [1.82, 2.24) is 0 Å². The van der Waals surface area contributed by atoms with Crippen LogP contribution in [0.1, 0.15) is 29.5 Å². The Kier molecular flexibility index (Phi) is 4.80. The largest absolute Gasteiger partial charge is 0.465 e. The van der Waals surface area contributed by atoms with Crippen molar-refractivity contribution >= 4 is 17.6 Å². The van der Waals surface area contributed by atoms with Gasteiger partial charge in [-0.25, -0.2) is 0 Å². The Morgan fingerprint density at radius 3 is 2.75 bits per heavy atom.